The van der Waals surface area contributed by atoms with Crippen molar-refractivity contribution in [1.82, 2.24) is 10.2 Å². The van der Waals surface area contributed by atoms with E-state index in [1.807, 2.05) is 0 Å². The molecule has 0 spiro atoms. The van der Waals surface area contributed by atoms with E-state index in [1.165, 1.54) is 36.0 Å². The van der Waals surface area contributed by atoms with Crippen molar-refractivity contribution in [2.24, 2.45) is 5.92 Å². The minimum Gasteiger partial charge on any atom is -0.355 e. The number of piperidine rings is 1. The average molecular weight is 404 g/mol. The van der Waals surface area contributed by atoms with Crippen LogP contribution in [0.1, 0.15) is 23.2 Å². The molecule has 1 aliphatic heterocycles. The molecule has 1 saturated heterocycles. The molecule has 1 aliphatic rings. The van der Waals surface area contributed by atoms with E-state index in [2.05, 4.69) is 5.32 Å². The van der Waals surface area contributed by atoms with Gasteiger partial charge in [0.1, 0.15) is 11.6 Å². The largest absolute Gasteiger partial charge is 0.355 e. The number of halogens is 2. The van der Waals surface area contributed by atoms with Crippen LogP contribution in [0.3, 0.4) is 0 Å². The van der Waals surface area contributed by atoms with Gasteiger partial charge in [-0.15, -0.1) is 11.8 Å². The van der Waals surface area contributed by atoms with Gasteiger partial charge in [-0.05, 0) is 55.2 Å². The van der Waals surface area contributed by atoms with E-state index in [0.29, 0.717) is 25.6 Å². The molecule has 7 heteroatoms. The topological polar surface area (TPSA) is 49.4 Å². The summed E-state index contributed by atoms with van der Waals surface area (Å²) in [4.78, 5) is 26.9. The fourth-order valence-corrected chi connectivity index (χ4v) is 3.86. The summed E-state index contributed by atoms with van der Waals surface area (Å²) in [7, 11) is 0. The summed E-state index contributed by atoms with van der Waals surface area (Å²) < 4.78 is 26.7. The summed E-state index contributed by atoms with van der Waals surface area (Å²) in [6.45, 7) is 1.67. The van der Waals surface area contributed by atoms with Crippen molar-refractivity contribution in [2.45, 2.75) is 17.7 Å². The van der Waals surface area contributed by atoms with Crippen LogP contribution in [-0.4, -0.2) is 42.1 Å². The molecule has 28 heavy (non-hydrogen) atoms. The third kappa shape index (κ3) is 5.55. The number of benzene rings is 2. The highest BCUT2D eigenvalue weighted by atomic mass is 32.2. The molecule has 1 heterocycles. The second-order valence-electron chi connectivity index (χ2n) is 6.76. The number of thioether (sulfide) groups is 1. The molecule has 148 valence electrons. The van der Waals surface area contributed by atoms with E-state index < -0.39 is 5.82 Å². The van der Waals surface area contributed by atoms with Crippen molar-refractivity contribution in [2.75, 3.05) is 25.4 Å². The van der Waals surface area contributed by atoms with Gasteiger partial charge in [0.25, 0.3) is 5.91 Å². The first-order chi connectivity index (χ1) is 13.5. The highest BCUT2D eigenvalue weighted by molar-refractivity contribution is 8.00. The molecule has 0 saturated carbocycles. The molecule has 0 unspecified atom stereocenters. The van der Waals surface area contributed by atoms with Gasteiger partial charge in [0.05, 0.1) is 11.3 Å². The van der Waals surface area contributed by atoms with E-state index >= 15 is 0 Å². The molecule has 0 bridgehead atoms. The number of hydrogen-bond donors (Lipinski definition) is 1. The zero-order valence-electron chi connectivity index (χ0n) is 15.4. The van der Waals surface area contributed by atoms with Gasteiger partial charge in [-0.3, -0.25) is 9.59 Å². The van der Waals surface area contributed by atoms with E-state index in [4.69, 9.17) is 0 Å². The Morgan fingerprint density at radius 2 is 1.71 bits per heavy atom. The third-order valence-corrected chi connectivity index (χ3v) is 5.79. The number of nitrogens with one attached hydrogen (secondary N) is 1. The highest BCUT2D eigenvalue weighted by Crippen LogP contribution is 2.20. The van der Waals surface area contributed by atoms with Gasteiger partial charge in [-0.25, -0.2) is 8.78 Å². The maximum absolute atomic E-state index is 13.8. The van der Waals surface area contributed by atoms with Crippen molar-refractivity contribution in [3.05, 3.63) is 65.7 Å². The van der Waals surface area contributed by atoms with Crippen molar-refractivity contribution in [3.8, 4) is 0 Å². The summed E-state index contributed by atoms with van der Waals surface area (Å²) >= 11 is 1.36. The van der Waals surface area contributed by atoms with E-state index in [9.17, 15) is 18.4 Å². The summed E-state index contributed by atoms with van der Waals surface area (Å²) in [5.41, 5.74) is 0.104. The first-order valence-electron chi connectivity index (χ1n) is 9.22. The second-order valence-corrected chi connectivity index (χ2v) is 7.81. The van der Waals surface area contributed by atoms with E-state index in [1.54, 1.807) is 29.2 Å². The summed E-state index contributed by atoms with van der Waals surface area (Å²) in [5.74, 6) is -0.579. The molecule has 2 aromatic carbocycles. The van der Waals surface area contributed by atoms with Crippen molar-refractivity contribution in [3.63, 3.8) is 0 Å². The Labute approximate surface area is 167 Å². The predicted molar refractivity (Wildman–Crippen MR) is 105 cm³/mol. The predicted octanol–water partition coefficient (Wildman–Crippen LogP) is 3.73. The van der Waals surface area contributed by atoms with Crippen LogP contribution in [0.4, 0.5) is 8.78 Å². The van der Waals surface area contributed by atoms with Gasteiger partial charge in [0.2, 0.25) is 5.91 Å². The number of amides is 2. The first-order valence-corrected chi connectivity index (χ1v) is 10.2. The maximum Gasteiger partial charge on any atom is 0.256 e. The van der Waals surface area contributed by atoms with Crippen LogP contribution in [-0.2, 0) is 4.79 Å². The lowest BCUT2D eigenvalue weighted by atomic mass is 9.96. The van der Waals surface area contributed by atoms with Gasteiger partial charge < -0.3 is 10.2 Å². The number of nitrogens with zero attached hydrogens (tertiary/aromatic N) is 1. The molecule has 1 fully saturated rings. The van der Waals surface area contributed by atoms with Crippen LogP contribution in [0.25, 0.3) is 0 Å². The van der Waals surface area contributed by atoms with Crippen molar-refractivity contribution >= 4 is 23.6 Å². The van der Waals surface area contributed by atoms with Gasteiger partial charge in [-0.1, -0.05) is 12.1 Å². The molecule has 3 rings (SSSR count). The number of rotatable bonds is 6. The lowest BCUT2D eigenvalue weighted by Gasteiger charge is -2.32. The van der Waals surface area contributed by atoms with E-state index in [0.717, 1.165) is 17.7 Å². The lowest BCUT2D eigenvalue weighted by Crippen LogP contribution is -2.42. The highest BCUT2D eigenvalue weighted by Gasteiger charge is 2.25. The van der Waals surface area contributed by atoms with Gasteiger partial charge in [0.15, 0.2) is 0 Å². The molecule has 0 atom stereocenters. The normalized spacial score (nSPS) is 14.7. The molecular weight excluding hydrogens is 382 g/mol. The molecule has 2 amide bonds. The van der Waals surface area contributed by atoms with E-state index in [-0.39, 0.29) is 28.9 Å². The molecule has 0 aliphatic carbocycles. The zero-order valence-corrected chi connectivity index (χ0v) is 16.2. The standard InChI is InChI=1S/C21H22F2N2O2S/c22-16-5-7-17(8-6-16)28-14-20(26)24-13-15-9-11-25(12-10-15)21(27)18-3-1-2-4-19(18)23/h1-8,15H,9-14H2,(H,24,26). The van der Waals surface area contributed by atoms with Crippen LogP contribution in [0, 0.1) is 17.6 Å². The Morgan fingerprint density at radius 1 is 1.04 bits per heavy atom. The number of hydrogen-bond acceptors (Lipinski definition) is 3. The summed E-state index contributed by atoms with van der Waals surface area (Å²) in [6, 6.07) is 12.1. The van der Waals surface area contributed by atoms with Gasteiger partial charge >= 0.3 is 0 Å². The monoisotopic (exact) mass is 404 g/mol. The Hall–Kier alpha value is -2.41. The quantitative estimate of drug-likeness (QED) is 0.747. The Balaban J connectivity index is 1.38. The Morgan fingerprint density at radius 3 is 2.39 bits per heavy atom. The molecule has 1 N–H and O–H groups in total. The first kappa shape index (κ1) is 20.3. The summed E-state index contributed by atoms with van der Waals surface area (Å²) in [6.07, 6.45) is 1.54. The molecule has 0 aromatic heterocycles. The average Bonchev–Trinajstić information content (AvgIpc) is 2.72. The van der Waals surface area contributed by atoms with Crippen LogP contribution >= 0.6 is 11.8 Å². The number of likely N-dealkylation sites (tertiary alicyclic amines) is 1. The Bertz CT molecular complexity index is 821. The smallest absolute Gasteiger partial charge is 0.256 e. The summed E-state index contributed by atoms with van der Waals surface area (Å²) in [5, 5.41) is 2.92. The zero-order chi connectivity index (χ0) is 19.9. The van der Waals surface area contributed by atoms with Crippen molar-refractivity contribution < 1.29 is 18.4 Å². The fraction of sp³-hybridized carbons (Fsp3) is 0.333. The van der Waals surface area contributed by atoms with Crippen molar-refractivity contribution in [1.29, 1.82) is 0 Å². The molecule has 0 radical (unpaired) electrons. The minimum absolute atomic E-state index is 0.0702. The lowest BCUT2D eigenvalue weighted by molar-refractivity contribution is -0.118. The number of carbonyl (C=O) groups excluding carboxylic acids is 2. The third-order valence-electron chi connectivity index (χ3n) is 4.78. The maximum atomic E-state index is 13.8. The van der Waals surface area contributed by atoms with Crippen LogP contribution < -0.4 is 5.32 Å². The Kier molecular flexibility index (Phi) is 7.03. The van der Waals surface area contributed by atoms with Crippen LogP contribution in [0.2, 0.25) is 0 Å². The van der Waals surface area contributed by atoms with Crippen LogP contribution in [0.15, 0.2) is 53.4 Å². The second kappa shape index (κ2) is 9.68. The van der Waals surface area contributed by atoms with Crippen LogP contribution in [0.5, 0.6) is 0 Å². The number of carbonyl (C=O) groups is 2. The fourth-order valence-electron chi connectivity index (χ4n) is 3.13. The SMILES string of the molecule is O=C(CSc1ccc(F)cc1)NCC1CCN(C(=O)c2ccccc2F)CC1. The molecule has 4 nitrogen and oxygen atoms in total. The molecular formula is C21H22F2N2O2S. The van der Waals surface area contributed by atoms with Gasteiger partial charge in [-0.2, -0.15) is 0 Å². The molecule has 2 aromatic rings. The van der Waals surface area contributed by atoms with Gasteiger partial charge in [0, 0.05) is 24.5 Å². The minimum atomic E-state index is -0.499.